The summed E-state index contributed by atoms with van der Waals surface area (Å²) in [4.78, 5) is 16.4. The predicted molar refractivity (Wildman–Crippen MR) is 107 cm³/mol. The summed E-state index contributed by atoms with van der Waals surface area (Å²) >= 11 is 1.32. The third-order valence-corrected chi connectivity index (χ3v) is 4.41. The van der Waals surface area contributed by atoms with Crippen molar-refractivity contribution in [2.75, 3.05) is 11.9 Å². The highest BCUT2D eigenvalue weighted by Crippen LogP contribution is 2.25. The first-order valence-electron chi connectivity index (χ1n) is 8.57. The molecule has 4 nitrogen and oxygen atoms in total. The van der Waals surface area contributed by atoms with Crippen molar-refractivity contribution in [2.45, 2.75) is 13.3 Å². The molecule has 0 aliphatic rings. The fraction of sp³-hybridized carbons (Fsp3) is 0.143. The van der Waals surface area contributed by atoms with E-state index in [9.17, 15) is 9.18 Å². The highest BCUT2D eigenvalue weighted by Gasteiger charge is 2.06. The topological polar surface area (TPSA) is 51.2 Å². The number of hydrogen-bond acceptors (Lipinski definition) is 4. The Labute approximate surface area is 161 Å². The summed E-state index contributed by atoms with van der Waals surface area (Å²) in [6.45, 7) is 2.74. The molecule has 0 fully saturated rings. The number of halogens is 1. The van der Waals surface area contributed by atoms with Gasteiger partial charge in [0.1, 0.15) is 11.6 Å². The minimum atomic E-state index is -0.294. The third kappa shape index (κ3) is 5.49. The normalized spacial score (nSPS) is 10.9. The standard InChI is InChI=1S/C21H19FN2O2S/c1-2-13-26-18-10-3-15(4-11-18)5-12-20(25)24-21-23-19(14-27-21)16-6-8-17(22)9-7-16/h3-12,14H,2,13H2,1H3,(H,23,24,25)/b12-5+. The molecule has 0 bridgehead atoms. The average Bonchev–Trinajstić information content (AvgIpc) is 3.14. The highest BCUT2D eigenvalue weighted by molar-refractivity contribution is 7.14. The van der Waals surface area contributed by atoms with Crippen molar-refractivity contribution < 1.29 is 13.9 Å². The van der Waals surface area contributed by atoms with Crippen LogP contribution < -0.4 is 10.1 Å². The number of amides is 1. The van der Waals surface area contributed by atoms with Crippen LogP contribution in [0.2, 0.25) is 0 Å². The Balaban J connectivity index is 1.57. The number of rotatable bonds is 7. The van der Waals surface area contributed by atoms with Gasteiger partial charge in [-0.25, -0.2) is 9.37 Å². The molecule has 0 radical (unpaired) electrons. The molecule has 27 heavy (non-hydrogen) atoms. The zero-order chi connectivity index (χ0) is 19.1. The van der Waals surface area contributed by atoms with Crippen molar-refractivity contribution in [1.29, 1.82) is 0 Å². The quantitative estimate of drug-likeness (QED) is 0.558. The number of hydrogen-bond donors (Lipinski definition) is 1. The predicted octanol–water partition coefficient (Wildman–Crippen LogP) is 5.39. The number of thiazole rings is 1. The van der Waals surface area contributed by atoms with E-state index in [4.69, 9.17) is 4.74 Å². The second-order valence-corrected chi connectivity index (χ2v) is 6.64. The van der Waals surface area contributed by atoms with E-state index in [0.29, 0.717) is 17.4 Å². The van der Waals surface area contributed by atoms with E-state index in [1.807, 2.05) is 29.6 Å². The minimum absolute atomic E-state index is 0.263. The molecule has 0 saturated carbocycles. The van der Waals surface area contributed by atoms with Crippen LogP contribution in [-0.2, 0) is 4.79 Å². The number of nitrogens with zero attached hydrogens (tertiary/aromatic N) is 1. The summed E-state index contributed by atoms with van der Waals surface area (Å²) < 4.78 is 18.5. The van der Waals surface area contributed by atoms with Crippen LogP contribution >= 0.6 is 11.3 Å². The van der Waals surface area contributed by atoms with Gasteiger partial charge in [0, 0.05) is 17.0 Å². The van der Waals surface area contributed by atoms with Crippen molar-refractivity contribution in [2.24, 2.45) is 0 Å². The maximum Gasteiger partial charge on any atom is 0.250 e. The van der Waals surface area contributed by atoms with E-state index in [1.54, 1.807) is 18.2 Å². The molecule has 1 heterocycles. The summed E-state index contributed by atoms with van der Waals surface area (Å²) in [6.07, 6.45) is 4.15. The van der Waals surface area contributed by atoms with E-state index in [2.05, 4.69) is 17.2 Å². The maximum atomic E-state index is 13.0. The number of anilines is 1. The van der Waals surface area contributed by atoms with E-state index >= 15 is 0 Å². The molecule has 0 aliphatic carbocycles. The molecule has 6 heteroatoms. The Hall–Kier alpha value is -2.99. The molecule has 0 saturated heterocycles. The third-order valence-electron chi connectivity index (χ3n) is 3.65. The van der Waals surface area contributed by atoms with Crippen molar-refractivity contribution in [3.8, 4) is 17.0 Å². The summed E-state index contributed by atoms with van der Waals surface area (Å²) in [5.41, 5.74) is 2.40. The van der Waals surface area contributed by atoms with Gasteiger partial charge < -0.3 is 4.74 Å². The van der Waals surface area contributed by atoms with Gasteiger partial charge in [-0.15, -0.1) is 11.3 Å². The van der Waals surface area contributed by atoms with Gasteiger partial charge >= 0.3 is 0 Å². The van der Waals surface area contributed by atoms with Gasteiger partial charge in [-0.3, -0.25) is 10.1 Å². The fourth-order valence-corrected chi connectivity index (χ4v) is 3.02. The number of aromatic nitrogens is 1. The smallest absolute Gasteiger partial charge is 0.250 e. The van der Waals surface area contributed by atoms with Crippen molar-refractivity contribution >= 4 is 28.5 Å². The van der Waals surface area contributed by atoms with Crippen LogP contribution in [-0.4, -0.2) is 17.5 Å². The Morgan fingerprint density at radius 3 is 2.63 bits per heavy atom. The fourth-order valence-electron chi connectivity index (χ4n) is 2.30. The molecule has 3 rings (SSSR count). The zero-order valence-electron chi connectivity index (χ0n) is 14.8. The SMILES string of the molecule is CCCOc1ccc(/C=C/C(=O)Nc2nc(-c3ccc(F)cc3)cs2)cc1. The molecule has 138 valence electrons. The molecule has 3 aromatic rings. The van der Waals surface area contributed by atoms with Crippen LogP contribution in [0.4, 0.5) is 9.52 Å². The molecule has 1 amide bonds. The molecule has 0 aliphatic heterocycles. The molecule has 0 atom stereocenters. The Bertz CT molecular complexity index is 918. The summed E-state index contributed by atoms with van der Waals surface area (Å²) in [5, 5.41) is 5.05. The van der Waals surface area contributed by atoms with Crippen LogP contribution in [0.5, 0.6) is 5.75 Å². The lowest BCUT2D eigenvalue weighted by molar-refractivity contribution is -0.111. The van der Waals surface area contributed by atoms with Crippen LogP contribution in [0.15, 0.2) is 60.0 Å². The van der Waals surface area contributed by atoms with Gasteiger partial charge in [0.25, 0.3) is 0 Å². The monoisotopic (exact) mass is 382 g/mol. The Morgan fingerprint density at radius 1 is 1.19 bits per heavy atom. The second-order valence-electron chi connectivity index (χ2n) is 5.78. The molecule has 0 spiro atoms. The number of carbonyl (C=O) groups is 1. The first-order chi connectivity index (χ1) is 13.1. The van der Waals surface area contributed by atoms with Crippen molar-refractivity contribution in [1.82, 2.24) is 4.98 Å². The summed E-state index contributed by atoms with van der Waals surface area (Å²) in [5.74, 6) is 0.258. The second kappa shape index (κ2) is 9.09. The number of benzene rings is 2. The molecule has 1 N–H and O–H groups in total. The lowest BCUT2D eigenvalue weighted by Crippen LogP contribution is -2.07. The van der Waals surface area contributed by atoms with E-state index in [1.165, 1.54) is 29.5 Å². The lowest BCUT2D eigenvalue weighted by Gasteiger charge is -2.04. The minimum Gasteiger partial charge on any atom is -0.494 e. The van der Waals surface area contributed by atoms with Gasteiger partial charge in [0.2, 0.25) is 5.91 Å². The molecule has 1 aromatic heterocycles. The largest absolute Gasteiger partial charge is 0.494 e. The van der Waals surface area contributed by atoms with Crippen molar-refractivity contribution in [3.63, 3.8) is 0 Å². The molecule has 2 aromatic carbocycles. The molecular weight excluding hydrogens is 363 g/mol. The molecule has 0 unspecified atom stereocenters. The number of carbonyl (C=O) groups excluding carboxylic acids is 1. The van der Waals surface area contributed by atoms with Gasteiger partial charge in [0.05, 0.1) is 12.3 Å². The van der Waals surface area contributed by atoms with Crippen LogP contribution in [0.1, 0.15) is 18.9 Å². The zero-order valence-corrected chi connectivity index (χ0v) is 15.6. The van der Waals surface area contributed by atoms with Gasteiger partial charge in [-0.2, -0.15) is 0 Å². The number of ether oxygens (including phenoxy) is 1. The van der Waals surface area contributed by atoms with E-state index in [-0.39, 0.29) is 11.7 Å². The summed E-state index contributed by atoms with van der Waals surface area (Å²) in [6, 6.07) is 13.6. The number of nitrogens with one attached hydrogen (secondary N) is 1. The highest BCUT2D eigenvalue weighted by atomic mass is 32.1. The lowest BCUT2D eigenvalue weighted by atomic mass is 10.2. The van der Waals surface area contributed by atoms with Crippen LogP contribution in [0.25, 0.3) is 17.3 Å². The van der Waals surface area contributed by atoms with E-state index < -0.39 is 0 Å². The van der Waals surface area contributed by atoms with Crippen molar-refractivity contribution in [3.05, 3.63) is 71.4 Å². The first-order valence-corrected chi connectivity index (χ1v) is 9.45. The first kappa shape index (κ1) is 18.8. The Morgan fingerprint density at radius 2 is 1.93 bits per heavy atom. The summed E-state index contributed by atoms with van der Waals surface area (Å²) in [7, 11) is 0. The van der Waals surface area contributed by atoms with Gasteiger partial charge in [0.15, 0.2) is 5.13 Å². The average molecular weight is 382 g/mol. The van der Waals surface area contributed by atoms with Gasteiger partial charge in [-0.1, -0.05) is 19.1 Å². The van der Waals surface area contributed by atoms with E-state index in [0.717, 1.165) is 23.3 Å². The molecular formula is C21H19FN2O2S. The van der Waals surface area contributed by atoms with Crippen LogP contribution in [0.3, 0.4) is 0 Å². The Kier molecular flexibility index (Phi) is 6.33. The van der Waals surface area contributed by atoms with Gasteiger partial charge in [-0.05, 0) is 54.5 Å². The van der Waals surface area contributed by atoms with Crippen LogP contribution in [0, 0.1) is 5.82 Å². The maximum absolute atomic E-state index is 13.0.